The Morgan fingerprint density at radius 2 is 2.15 bits per heavy atom. The maximum atomic E-state index is 12.2. The first-order valence-electron chi connectivity index (χ1n) is 13.3. The fourth-order valence-electron chi connectivity index (χ4n) is 5.76. The summed E-state index contributed by atoms with van der Waals surface area (Å²) in [4.78, 5) is 25.4. The molecule has 1 amide bonds. The molecule has 2 N–H and O–H groups in total. The van der Waals surface area contributed by atoms with Crippen LogP contribution in [0.25, 0.3) is 11.2 Å². The molecule has 13 nitrogen and oxygen atoms in total. The number of aryl methyl sites for hydroxylation is 2. The lowest BCUT2D eigenvalue weighted by Gasteiger charge is -2.37. The Labute approximate surface area is 229 Å². The summed E-state index contributed by atoms with van der Waals surface area (Å²) >= 11 is 0. The molecule has 2 fully saturated rings. The van der Waals surface area contributed by atoms with Gasteiger partial charge in [-0.15, -0.1) is 0 Å². The number of imidazole rings is 1. The van der Waals surface area contributed by atoms with E-state index in [1.807, 2.05) is 7.05 Å². The molecule has 13 heteroatoms. The molecular weight excluding hydrogens is 514 g/mol. The first-order valence-corrected chi connectivity index (χ1v) is 13.3. The van der Waals surface area contributed by atoms with Gasteiger partial charge in [0, 0.05) is 49.5 Å². The Balaban J connectivity index is 1.11. The van der Waals surface area contributed by atoms with Gasteiger partial charge in [0.1, 0.15) is 34.8 Å². The smallest absolute Gasteiger partial charge is 0.413 e. The van der Waals surface area contributed by atoms with Crippen LogP contribution in [0.2, 0.25) is 0 Å². The van der Waals surface area contributed by atoms with Crippen LogP contribution in [0.1, 0.15) is 43.4 Å². The quantitative estimate of drug-likeness (QED) is 0.364. The van der Waals surface area contributed by atoms with E-state index in [1.165, 1.54) is 37.4 Å². The van der Waals surface area contributed by atoms with Gasteiger partial charge < -0.3 is 24.1 Å². The van der Waals surface area contributed by atoms with Crippen LogP contribution in [0.3, 0.4) is 0 Å². The number of carbonyl (C=O) groups excluding carboxylic acids is 1. The summed E-state index contributed by atoms with van der Waals surface area (Å²) < 4.78 is 20.4. The second-order valence-corrected chi connectivity index (χ2v) is 10.4. The second kappa shape index (κ2) is 9.49. The Morgan fingerprint density at radius 3 is 2.92 bits per heavy atom. The largest absolute Gasteiger partial charge is 0.454 e. The maximum Gasteiger partial charge on any atom is 0.413 e. The van der Waals surface area contributed by atoms with E-state index >= 15 is 0 Å². The first kappa shape index (κ1) is 24.3. The number of anilines is 3. The minimum atomic E-state index is -0.623. The summed E-state index contributed by atoms with van der Waals surface area (Å²) in [5.74, 6) is 2.12. The fourth-order valence-corrected chi connectivity index (χ4v) is 5.76. The highest BCUT2D eigenvalue weighted by atomic mass is 16.6. The third-order valence-electron chi connectivity index (χ3n) is 8.00. The van der Waals surface area contributed by atoms with Crippen molar-refractivity contribution in [3.05, 3.63) is 41.9 Å². The number of amides is 1. The number of aromatic nitrogens is 6. The third-order valence-corrected chi connectivity index (χ3v) is 8.00. The zero-order chi connectivity index (χ0) is 27.3. The Hall–Kier alpha value is -4.70. The van der Waals surface area contributed by atoms with Gasteiger partial charge >= 0.3 is 6.09 Å². The lowest BCUT2D eigenvalue weighted by Crippen LogP contribution is -2.31. The summed E-state index contributed by atoms with van der Waals surface area (Å²) in [6.45, 7) is 1.88. The molecule has 204 valence electrons. The van der Waals surface area contributed by atoms with Gasteiger partial charge in [-0.05, 0) is 25.3 Å². The molecule has 3 aliphatic rings. The molecule has 1 spiro atoms. The normalized spacial score (nSPS) is 18.8. The molecule has 1 saturated heterocycles. The highest BCUT2D eigenvalue weighted by Gasteiger charge is 2.45. The average Bonchev–Trinajstić information content (AvgIpc) is 3.69. The van der Waals surface area contributed by atoms with Crippen molar-refractivity contribution in [3.63, 3.8) is 0 Å². The molecule has 0 bridgehead atoms. The number of hydrogen-bond donors (Lipinski definition) is 2. The summed E-state index contributed by atoms with van der Waals surface area (Å²) in [6, 6.07) is 7.51. The van der Waals surface area contributed by atoms with Gasteiger partial charge in [-0.3, -0.25) is 10.00 Å². The monoisotopic (exact) mass is 541 g/mol. The number of rotatable bonds is 6. The van der Waals surface area contributed by atoms with Crippen molar-refractivity contribution in [2.45, 2.75) is 50.2 Å². The summed E-state index contributed by atoms with van der Waals surface area (Å²) in [5, 5.41) is 20.7. The van der Waals surface area contributed by atoms with Crippen molar-refractivity contribution in [2.75, 3.05) is 23.8 Å². The Morgan fingerprint density at radius 1 is 1.25 bits per heavy atom. The van der Waals surface area contributed by atoms with Gasteiger partial charge in [0.05, 0.1) is 19.4 Å². The van der Waals surface area contributed by atoms with E-state index in [-0.39, 0.29) is 28.6 Å². The summed E-state index contributed by atoms with van der Waals surface area (Å²) in [6.07, 6.45) is 7.59. The number of nitrogens with one attached hydrogen (secondary N) is 2. The molecule has 2 aliphatic heterocycles. The number of hydrogen-bond acceptors (Lipinski definition) is 10. The van der Waals surface area contributed by atoms with Crippen LogP contribution < -0.4 is 15.4 Å². The Kier molecular flexibility index (Phi) is 5.78. The van der Waals surface area contributed by atoms with Gasteiger partial charge in [0.25, 0.3) is 0 Å². The summed E-state index contributed by atoms with van der Waals surface area (Å²) in [7, 11) is 1.82. The molecule has 0 unspecified atom stereocenters. The minimum Gasteiger partial charge on any atom is -0.454 e. The van der Waals surface area contributed by atoms with Crippen LogP contribution in [-0.4, -0.2) is 54.7 Å². The minimum absolute atomic E-state index is 0.247. The number of nitrogens with zero attached hydrogens (tertiary/aromatic N) is 7. The third kappa shape index (κ3) is 4.17. The maximum absolute atomic E-state index is 12.2. The van der Waals surface area contributed by atoms with Gasteiger partial charge in [-0.2, -0.15) is 15.3 Å². The lowest BCUT2D eigenvalue weighted by atomic mass is 9.66. The van der Waals surface area contributed by atoms with Crippen molar-refractivity contribution < 1.29 is 19.0 Å². The topological polar surface area (TPSA) is 154 Å². The van der Waals surface area contributed by atoms with Gasteiger partial charge in [-0.25, -0.2) is 14.8 Å². The van der Waals surface area contributed by atoms with Crippen molar-refractivity contribution in [1.29, 1.82) is 5.26 Å². The first-order chi connectivity index (χ1) is 19.5. The van der Waals surface area contributed by atoms with Crippen molar-refractivity contribution in [3.8, 4) is 17.6 Å². The highest BCUT2D eigenvalue weighted by Crippen LogP contribution is 2.50. The van der Waals surface area contributed by atoms with Crippen molar-refractivity contribution in [1.82, 2.24) is 29.3 Å². The molecule has 4 aromatic heterocycles. The predicted molar refractivity (Wildman–Crippen MR) is 143 cm³/mol. The van der Waals surface area contributed by atoms with E-state index in [2.05, 4.69) is 42.4 Å². The number of ether oxygens (including phenoxy) is 3. The number of fused-ring (bicyclic) bond motifs is 3. The Bertz CT molecular complexity index is 1660. The molecule has 1 aliphatic carbocycles. The van der Waals surface area contributed by atoms with E-state index in [0.29, 0.717) is 42.5 Å². The molecule has 1 atom stereocenters. The number of carbonyl (C=O) groups is 1. The summed E-state index contributed by atoms with van der Waals surface area (Å²) in [5.41, 5.74) is 2.79. The van der Waals surface area contributed by atoms with E-state index in [9.17, 15) is 10.1 Å². The van der Waals surface area contributed by atoms with E-state index in [1.54, 1.807) is 16.7 Å². The van der Waals surface area contributed by atoms with E-state index < -0.39 is 6.09 Å². The zero-order valence-corrected chi connectivity index (χ0v) is 21.9. The van der Waals surface area contributed by atoms with Gasteiger partial charge in [0.15, 0.2) is 17.2 Å². The van der Waals surface area contributed by atoms with Gasteiger partial charge in [0.2, 0.25) is 5.95 Å². The van der Waals surface area contributed by atoms with E-state index in [4.69, 9.17) is 19.3 Å². The van der Waals surface area contributed by atoms with Crippen LogP contribution in [0.15, 0.2) is 30.6 Å². The van der Waals surface area contributed by atoms with E-state index in [0.717, 1.165) is 18.8 Å². The molecule has 0 aromatic carbocycles. The van der Waals surface area contributed by atoms with Crippen LogP contribution in [0.4, 0.5) is 22.4 Å². The lowest BCUT2D eigenvalue weighted by molar-refractivity contribution is 0.0931. The fraction of sp³-hybridized carbons (Fsp3) is 0.407. The second-order valence-electron chi connectivity index (χ2n) is 10.4. The van der Waals surface area contributed by atoms with Crippen molar-refractivity contribution in [2.24, 2.45) is 7.05 Å². The molecule has 6 heterocycles. The standard InChI is InChI=1S/C27H27N9O4/c1-35-23-18(13-28)19(39-16-3-8-29-21(11-16)32-26(37)40-17-4-10-38-15-17)14-30-24(23)33-25(35)31-22-12-20-27(5-2-6-27)7-9-36(20)34-22/h3,8,11-12,14,17H,2,4-7,9-10,15H2,1H3,(H,29,32,37)(H,30,31,33,34)/t17-/m0/s1. The zero-order valence-electron chi connectivity index (χ0n) is 21.9. The predicted octanol–water partition coefficient (Wildman–Crippen LogP) is 4.13. The molecule has 0 radical (unpaired) electrons. The van der Waals surface area contributed by atoms with Crippen LogP contribution in [0.5, 0.6) is 11.5 Å². The van der Waals surface area contributed by atoms with Crippen molar-refractivity contribution >= 4 is 34.8 Å². The van der Waals surface area contributed by atoms with Crippen LogP contribution >= 0.6 is 0 Å². The molecule has 40 heavy (non-hydrogen) atoms. The number of pyridine rings is 2. The highest BCUT2D eigenvalue weighted by molar-refractivity contribution is 5.85. The molecule has 7 rings (SSSR count). The van der Waals surface area contributed by atoms with Gasteiger partial charge in [-0.1, -0.05) is 6.42 Å². The van der Waals surface area contributed by atoms with Crippen LogP contribution in [-0.2, 0) is 28.5 Å². The SMILES string of the molecule is Cn1c(Nc2cc3n(n2)CCC32CCC2)nc2ncc(Oc3ccnc(NC(=O)O[C@H]4CCOC4)c3)c(C#N)c21. The average molecular weight is 542 g/mol. The molecule has 1 saturated carbocycles. The molecular formula is C27H27N9O4. The van der Waals surface area contributed by atoms with Crippen LogP contribution in [0, 0.1) is 11.3 Å². The molecule has 4 aromatic rings. The number of nitriles is 1.